The van der Waals surface area contributed by atoms with Gasteiger partial charge in [0.2, 0.25) is 0 Å². The summed E-state index contributed by atoms with van der Waals surface area (Å²) in [7, 11) is 1.62. The van der Waals surface area contributed by atoms with Gasteiger partial charge in [0.05, 0.1) is 12.8 Å². The molecule has 0 aliphatic rings. The summed E-state index contributed by atoms with van der Waals surface area (Å²) in [6.07, 6.45) is 1.66. The normalized spacial score (nSPS) is 10.0. The maximum atomic E-state index is 5.60. The number of nitrogens with zero attached hydrogens (tertiary/aromatic N) is 1. The highest BCUT2D eigenvalue weighted by Crippen LogP contribution is 2.29. The standard InChI is InChI=1S/C13H12BrN3OS/c1-18-9-2-3-10(14)11(7-9)17-12-6-8(13(15)19)4-5-16-12/h2-7H,1H3,(H2,15,19)(H,16,17). The lowest BCUT2D eigenvalue weighted by molar-refractivity contribution is 0.415. The highest BCUT2D eigenvalue weighted by molar-refractivity contribution is 9.10. The van der Waals surface area contributed by atoms with Gasteiger partial charge < -0.3 is 15.8 Å². The average Bonchev–Trinajstić information content (AvgIpc) is 2.41. The van der Waals surface area contributed by atoms with Crippen LogP contribution in [0.2, 0.25) is 0 Å². The van der Waals surface area contributed by atoms with Gasteiger partial charge in [-0.25, -0.2) is 4.98 Å². The van der Waals surface area contributed by atoms with Crippen molar-refractivity contribution in [1.29, 1.82) is 0 Å². The van der Waals surface area contributed by atoms with Gasteiger partial charge in [-0.1, -0.05) is 12.2 Å². The van der Waals surface area contributed by atoms with Gasteiger partial charge in [0, 0.05) is 22.3 Å². The molecule has 0 atom stereocenters. The van der Waals surface area contributed by atoms with E-state index in [0.717, 1.165) is 21.5 Å². The molecule has 0 saturated heterocycles. The van der Waals surface area contributed by atoms with Crippen LogP contribution >= 0.6 is 28.1 Å². The minimum Gasteiger partial charge on any atom is -0.497 e. The SMILES string of the molecule is COc1ccc(Br)c(Nc2cc(C(N)=S)ccn2)c1. The lowest BCUT2D eigenvalue weighted by Crippen LogP contribution is -2.09. The molecule has 0 saturated carbocycles. The Bertz CT molecular complexity index is 619. The second-order valence-corrected chi connectivity index (χ2v) is 5.06. The van der Waals surface area contributed by atoms with Crippen molar-refractivity contribution < 1.29 is 4.74 Å². The van der Waals surface area contributed by atoms with E-state index in [0.29, 0.717) is 10.8 Å². The van der Waals surface area contributed by atoms with Crippen LogP contribution in [-0.2, 0) is 0 Å². The van der Waals surface area contributed by atoms with Gasteiger partial charge in [0.1, 0.15) is 16.6 Å². The summed E-state index contributed by atoms with van der Waals surface area (Å²) >= 11 is 8.41. The fourth-order valence-corrected chi connectivity index (χ4v) is 1.99. The van der Waals surface area contributed by atoms with Gasteiger partial charge in [-0.15, -0.1) is 0 Å². The van der Waals surface area contributed by atoms with Gasteiger partial charge in [-0.2, -0.15) is 0 Å². The molecular formula is C13H12BrN3OS. The number of nitrogens with two attached hydrogens (primary N) is 1. The summed E-state index contributed by atoms with van der Waals surface area (Å²) in [5.74, 6) is 1.43. The van der Waals surface area contributed by atoms with E-state index in [1.807, 2.05) is 18.2 Å². The highest BCUT2D eigenvalue weighted by Gasteiger charge is 2.05. The topological polar surface area (TPSA) is 60.2 Å². The Morgan fingerprint density at radius 1 is 1.37 bits per heavy atom. The number of ether oxygens (including phenoxy) is 1. The lowest BCUT2D eigenvalue weighted by Gasteiger charge is -2.10. The molecule has 0 amide bonds. The molecule has 4 nitrogen and oxygen atoms in total. The fraction of sp³-hybridized carbons (Fsp3) is 0.0769. The van der Waals surface area contributed by atoms with Gasteiger partial charge in [0.25, 0.3) is 0 Å². The zero-order valence-electron chi connectivity index (χ0n) is 10.2. The smallest absolute Gasteiger partial charge is 0.131 e. The van der Waals surface area contributed by atoms with Crippen LogP contribution in [0.5, 0.6) is 5.75 Å². The van der Waals surface area contributed by atoms with Crippen molar-refractivity contribution in [1.82, 2.24) is 4.98 Å². The number of nitrogens with one attached hydrogen (secondary N) is 1. The first kappa shape index (κ1) is 13.8. The summed E-state index contributed by atoms with van der Waals surface area (Å²) < 4.78 is 6.10. The number of hydrogen-bond acceptors (Lipinski definition) is 4. The van der Waals surface area contributed by atoms with Crippen LogP contribution in [0.1, 0.15) is 5.56 Å². The van der Waals surface area contributed by atoms with Crippen molar-refractivity contribution in [3.8, 4) is 5.75 Å². The molecule has 0 aliphatic carbocycles. The molecule has 19 heavy (non-hydrogen) atoms. The molecule has 0 bridgehead atoms. The largest absolute Gasteiger partial charge is 0.497 e. The third kappa shape index (κ3) is 3.42. The minimum absolute atomic E-state index is 0.343. The first-order valence-electron chi connectivity index (χ1n) is 5.46. The Morgan fingerprint density at radius 3 is 2.84 bits per heavy atom. The molecule has 0 aliphatic heterocycles. The molecule has 0 fully saturated rings. The van der Waals surface area contributed by atoms with Crippen molar-refractivity contribution in [2.45, 2.75) is 0 Å². The molecule has 3 N–H and O–H groups in total. The summed E-state index contributed by atoms with van der Waals surface area (Å²) in [5.41, 5.74) is 7.22. The number of methoxy groups -OCH3 is 1. The van der Waals surface area contributed by atoms with E-state index in [4.69, 9.17) is 22.7 Å². The van der Waals surface area contributed by atoms with E-state index in [1.165, 1.54) is 0 Å². The summed E-state index contributed by atoms with van der Waals surface area (Å²) in [6.45, 7) is 0. The Kier molecular flexibility index (Phi) is 4.34. The van der Waals surface area contributed by atoms with Crippen molar-refractivity contribution in [2.24, 2.45) is 5.73 Å². The number of hydrogen-bond donors (Lipinski definition) is 2. The quantitative estimate of drug-likeness (QED) is 0.838. The number of halogens is 1. The van der Waals surface area contributed by atoms with E-state index in [9.17, 15) is 0 Å². The molecule has 1 aromatic carbocycles. The second kappa shape index (κ2) is 5.99. The van der Waals surface area contributed by atoms with Crippen molar-refractivity contribution in [3.05, 3.63) is 46.6 Å². The maximum absolute atomic E-state index is 5.60. The van der Waals surface area contributed by atoms with E-state index in [1.54, 1.807) is 25.4 Å². The number of pyridine rings is 1. The number of thiocarbonyl (C=S) groups is 1. The highest BCUT2D eigenvalue weighted by atomic mass is 79.9. The molecule has 1 aromatic heterocycles. The Hall–Kier alpha value is -1.66. The van der Waals surface area contributed by atoms with Crippen LogP contribution in [0.25, 0.3) is 0 Å². The summed E-state index contributed by atoms with van der Waals surface area (Å²) in [6, 6.07) is 9.22. The number of aromatic nitrogens is 1. The zero-order valence-corrected chi connectivity index (χ0v) is 12.6. The van der Waals surface area contributed by atoms with Gasteiger partial charge in [-0.3, -0.25) is 0 Å². The lowest BCUT2D eigenvalue weighted by atomic mass is 10.2. The Labute approximate surface area is 125 Å². The summed E-state index contributed by atoms with van der Waals surface area (Å²) in [4.78, 5) is 4.57. The van der Waals surface area contributed by atoms with Crippen LogP contribution in [0, 0.1) is 0 Å². The van der Waals surface area contributed by atoms with Crippen molar-refractivity contribution >= 4 is 44.6 Å². The summed E-state index contributed by atoms with van der Waals surface area (Å²) in [5, 5.41) is 3.19. The van der Waals surface area contributed by atoms with Crippen LogP contribution < -0.4 is 15.8 Å². The monoisotopic (exact) mass is 337 g/mol. The molecular weight excluding hydrogens is 326 g/mol. The fourth-order valence-electron chi connectivity index (χ4n) is 1.52. The Balaban J connectivity index is 2.30. The zero-order chi connectivity index (χ0) is 13.8. The van der Waals surface area contributed by atoms with Crippen LogP contribution in [0.15, 0.2) is 41.0 Å². The van der Waals surface area contributed by atoms with Crippen LogP contribution in [0.3, 0.4) is 0 Å². The van der Waals surface area contributed by atoms with Gasteiger partial charge in [0.15, 0.2) is 0 Å². The molecule has 6 heteroatoms. The molecule has 0 radical (unpaired) electrons. The third-order valence-electron chi connectivity index (χ3n) is 2.48. The number of rotatable bonds is 4. The molecule has 1 heterocycles. The predicted octanol–water partition coefficient (Wildman–Crippen LogP) is 3.23. The van der Waals surface area contributed by atoms with E-state index in [2.05, 4.69) is 26.2 Å². The first-order chi connectivity index (χ1) is 9.10. The Morgan fingerprint density at radius 2 is 2.16 bits per heavy atom. The maximum Gasteiger partial charge on any atom is 0.131 e. The molecule has 2 aromatic rings. The number of benzene rings is 1. The van der Waals surface area contributed by atoms with E-state index in [-0.39, 0.29) is 0 Å². The molecule has 0 spiro atoms. The molecule has 0 unspecified atom stereocenters. The van der Waals surface area contributed by atoms with Crippen LogP contribution in [0.4, 0.5) is 11.5 Å². The van der Waals surface area contributed by atoms with Crippen molar-refractivity contribution in [3.63, 3.8) is 0 Å². The van der Waals surface area contributed by atoms with E-state index >= 15 is 0 Å². The average molecular weight is 338 g/mol. The number of anilines is 2. The van der Waals surface area contributed by atoms with Gasteiger partial charge in [-0.05, 0) is 40.2 Å². The minimum atomic E-state index is 0.343. The molecule has 98 valence electrons. The second-order valence-electron chi connectivity index (χ2n) is 3.76. The van der Waals surface area contributed by atoms with Crippen LogP contribution in [-0.4, -0.2) is 17.1 Å². The van der Waals surface area contributed by atoms with Crippen molar-refractivity contribution in [2.75, 3.05) is 12.4 Å². The third-order valence-corrected chi connectivity index (χ3v) is 3.41. The predicted molar refractivity (Wildman–Crippen MR) is 84.1 cm³/mol. The van der Waals surface area contributed by atoms with E-state index < -0.39 is 0 Å². The molecule has 2 rings (SSSR count). The van der Waals surface area contributed by atoms with Gasteiger partial charge >= 0.3 is 0 Å². The first-order valence-corrected chi connectivity index (χ1v) is 6.66.